The fraction of sp³-hybridized carbons (Fsp3) is 0.333. The van der Waals surface area contributed by atoms with Gasteiger partial charge in [-0.05, 0) is 43.7 Å². The molecular weight excluding hydrogens is 412 g/mol. The summed E-state index contributed by atoms with van der Waals surface area (Å²) < 4.78 is 10.1. The first kappa shape index (κ1) is 23.0. The summed E-state index contributed by atoms with van der Waals surface area (Å²) >= 11 is 0. The standard InChI is InChI=1S/C24H26N2O6/c1-3-31-23(29)18-9-11-20(12-10-18)26-14-19(13-22(26)28)24(30)32-15-21(27)25-16(2)17-7-5-4-6-8-17/h4-12,16,19H,3,13-15H2,1-2H3,(H,25,27)/t16-,19-/m1/s1. The molecule has 0 radical (unpaired) electrons. The average Bonchev–Trinajstić information content (AvgIpc) is 3.20. The topological polar surface area (TPSA) is 102 Å². The van der Waals surface area contributed by atoms with Gasteiger partial charge in [0.15, 0.2) is 6.61 Å². The van der Waals surface area contributed by atoms with Crippen molar-refractivity contribution >= 4 is 29.4 Å². The Morgan fingerprint density at radius 3 is 2.41 bits per heavy atom. The highest BCUT2D eigenvalue weighted by molar-refractivity contribution is 6.00. The van der Waals surface area contributed by atoms with Gasteiger partial charge in [0.05, 0.1) is 24.1 Å². The van der Waals surface area contributed by atoms with Crippen LogP contribution in [-0.4, -0.2) is 43.5 Å². The maximum Gasteiger partial charge on any atom is 0.338 e. The van der Waals surface area contributed by atoms with E-state index in [0.717, 1.165) is 5.56 Å². The molecule has 2 atom stereocenters. The van der Waals surface area contributed by atoms with Gasteiger partial charge < -0.3 is 19.7 Å². The number of nitrogens with one attached hydrogen (secondary N) is 1. The number of hydrogen-bond donors (Lipinski definition) is 1. The number of rotatable bonds is 8. The Bertz CT molecular complexity index is 974. The van der Waals surface area contributed by atoms with Crippen molar-refractivity contribution in [2.75, 3.05) is 24.7 Å². The predicted molar refractivity (Wildman–Crippen MR) is 117 cm³/mol. The molecule has 32 heavy (non-hydrogen) atoms. The Kier molecular flexibility index (Phi) is 7.59. The summed E-state index contributed by atoms with van der Waals surface area (Å²) in [5, 5.41) is 2.78. The molecule has 2 aromatic rings. The van der Waals surface area contributed by atoms with Gasteiger partial charge >= 0.3 is 11.9 Å². The number of ether oxygens (including phenoxy) is 2. The molecule has 1 fully saturated rings. The van der Waals surface area contributed by atoms with Gasteiger partial charge in [-0.15, -0.1) is 0 Å². The molecule has 1 aliphatic rings. The normalized spacial score (nSPS) is 16.4. The first-order valence-corrected chi connectivity index (χ1v) is 10.5. The van der Waals surface area contributed by atoms with Gasteiger partial charge in [0.1, 0.15) is 0 Å². The fourth-order valence-electron chi connectivity index (χ4n) is 3.47. The van der Waals surface area contributed by atoms with Crippen molar-refractivity contribution in [2.24, 2.45) is 5.92 Å². The molecule has 1 heterocycles. The maximum absolute atomic E-state index is 12.4. The molecule has 1 aliphatic heterocycles. The summed E-state index contributed by atoms with van der Waals surface area (Å²) in [5.74, 6) is -2.32. The van der Waals surface area contributed by atoms with Gasteiger partial charge in [0, 0.05) is 18.7 Å². The second kappa shape index (κ2) is 10.6. The SMILES string of the molecule is CCOC(=O)c1ccc(N2C[C@H](C(=O)OCC(=O)N[C@H](C)c3ccccc3)CC2=O)cc1. The largest absolute Gasteiger partial charge is 0.462 e. The number of benzene rings is 2. The molecule has 0 aliphatic carbocycles. The Hall–Kier alpha value is -3.68. The van der Waals surface area contributed by atoms with E-state index in [-0.39, 0.29) is 31.5 Å². The van der Waals surface area contributed by atoms with Crippen molar-refractivity contribution in [1.29, 1.82) is 0 Å². The second-order valence-electron chi connectivity index (χ2n) is 7.48. The molecule has 2 amide bonds. The van der Waals surface area contributed by atoms with E-state index in [4.69, 9.17) is 9.47 Å². The van der Waals surface area contributed by atoms with E-state index < -0.39 is 30.4 Å². The number of carbonyl (C=O) groups is 4. The highest BCUT2D eigenvalue weighted by atomic mass is 16.5. The molecule has 3 rings (SSSR count). The molecule has 168 valence electrons. The van der Waals surface area contributed by atoms with Crippen molar-refractivity contribution in [2.45, 2.75) is 26.3 Å². The first-order chi connectivity index (χ1) is 15.4. The van der Waals surface area contributed by atoms with Crippen LogP contribution in [0.25, 0.3) is 0 Å². The van der Waals surface area contributed by atoms with Gasteiger partial charge in [-0.3, -0.25) is 14.4 Å². The number of nitrogens with zero attached hydrogens (tertiary/aromatic N) is 1. The van der Waals surface area contributed by atoms with Crippen LogP contribution >= 0.6 is 0 Å². The minimum Gasteiger partial charge on any atom is -0.462 e. The second-order valence-corrected chi connectivity index (χ2v) is 7.48. The highest BCUT2D eigenvalue weighted by Crippen LogP contribution is 2.26. The van der Waals surface area contributed by atoms with E-state index in [2.05, 4.69) is 5.32 Å². The molecule has 0 bridgehead atoms. The molecule has 2 aromatic carbocycles. The van der Waals surface area contributed by atoms with E-state index in [1.165, 1.54) is 4.90 Å². The third kappa shape index (κ3) is 5.72. The Labute approximate surface area is 186 Å². The summed E-state index contributed by atoms with van der Waals surface area (Å²) in [6, 6.07) is 15.6. The van der Waals surface area contributed by atoms with Crippen LogP contribution in [0.3, 0.4) is 0 Å². The van der Waals surface area contributed by atoms with Crippen molar-refractivity contribution < 1.29 is 28.7 Å². The van der Waals surface area contributed by atoms with Gasteiger partial charge in [0.2, 0.25) is 5.91 Å². The van der Waals surface area contributed by atoms with Gasteiger partial charge in [-0.2, -0.15) is 0 Å². The van der Waals surface area contributed by atoms with Crippen molar-refractivity contribution in [3.8, 4) is 0 Å². The summed E-state index contributed by atoms with van der Waals surface area (Å²) in [6.45, 7) is 3.59. The zero-order chi connectivity index (χ0) is 23.1. The van der Waals surface area contributed by atoms with Crippen LogP contribution in [0.5, 0.6) is 0 Å². The number of amides is 2. The van der Waals surface area contributed by atoms with Gasteiger partial charge in [0.25, 0.3) is 5.91 Å². The van der Waals surface area contributed by atoms with Crippen molar-refractivity contribution in [3.05, 3.63) is 65.7 Å². The fourth-order valence-corrected chi connectivity index (χ4v) is 3.47. The summed E-state index contributed by atoms with van der Waals surface area (Å²) in [5.41, 5.74) is 1.90. The van der Waals surface area contributed by atoms with Crippen LogP contribution in [0.4, 0.5) is 5.69 Å². The third-order valence-electron chi connectivity index (χ3n) is 5.17. The van der Waals surface area contributed by atoms with Crippen LogP contribution in [0.15, 0.2) is 54.6 Å². The number of hydrogen-bond acceptors (Lipinski definition) is 6. The first-order valence-electron chi connectivity index (χ1n) is 10.5. The van der Waals surface area contributed by atoms with Crippen molar-refractivity contribution in [3.63, 3.8) is 0 Å². The molecule has 1 N–H and O–H groups in total. The number of carbonyl (C=O) groups excluding carboxylic acids is 4. The van der Waals surface area contributed by atoms with Crippen molar-refractivity contribution in [1.82, 2.24) is 5.32 Å². The Balaban J connectivity index is 1.50. The quantitative estimate of drug-likeness (QED) is 0.636. The monoisotopic (exact) mass is 438 g/mol. The number of anilines is 1. The molecule has 8 heteroatoms. The smallest absolute Gasteiger partial charge is 0.338 e. The zero-order valence-corrected chi connectivity index (χ0v) is 18.1. The summed E-state index contributed by atoms with van der Waals surface area (Å²) in [7, 11) is 0. The van der Waals surface area contributed by atoms with E-state index in [0.29, 0.717) is 11.3 Å². The van der Waals surface area contributed by atoms with E-state index in [1.54, 1.807) is 31.2 Å². The lowest BCUT2D eigenvalue weighted by atomic mass is 10.1. The summed E-state index contributed by atoms with van der Waals surface area (Å²) in [4.78, 5) is 50.2. The molecular formula is C24H26N2O6. The third-order valence-corrected chi connectivity index (χ3v) is 5.17. The van der Waals surface area contributed by atoms with Gasteiger partial charge in [-0.1, -0.05) is 30.3 Å². The Morgan fingerprint density at radius 1 is 1.06 bits per heavy atom. The van der Waals surface area contributed by atoms with E-state index >= 15 is 0 Å². The average molecular weight is 438 g/mol. The van der Waals surface area contributed by atoms with E-state index in [1.807, 2.05) is 37.3 Å². The van der Waals surface area contributed by atoms with Crippen LogP contribution in [-0.2, 0) is 23.9 Å². The molecule has 1 saturated heterocycles. The molecule has 0 spiro atoms. The molecule has 0 aromatic heterocycles. The van der Waals surface area contributed by atoms with Gasteiger partial charge in [-0.25, -0.2) is 4.79 Å². The highest BCUT2D eigenvalue weighted by Gasteiger charge is 2.36. The minimum atomic E-state index is -0.661. The lowest BCUT2D eigenvalue weighted by Crippen LogP contribution is -2.32. The predicted octanol–water partition coefficient (Wildman–Crippen LogP) is 2.64. The molecule has 0 saturated carbocycles. The number of esters is 2. The lowest BCUT2D eigenvalue weighted by Gasteiger charge is -2.17. The van der Waals surface area contributed by atoms with Crippen LogP contribution in [0.1, 0.15) is 42.2 Å². The lowest BCUT2D eigenvalue weighted by molar-refractivity contribution is -0.152. The van der Waals surface area contributed by atoms with E-state index in [9.17, 15) is 19.2 Å². The minimum absolute atomic E-state index is 0.000494. The Morgan fingerprint density at radius 2 is 1.75 bits per heavy atom. The van der Waals surface area contributed by atoms with Crippen LogP contribution < -0.4 is 10.2 Å². The molecule has 8 nitrogen and oxygen atoms in total. The van der Waals surface area contributed by atoms with Crippen LogP contribution in [0, 0.1) is 5.92 Å². The molecule has 0 unspecified atom stereocenters. The summed E-state index contributed by atoms with van der Waals surface area (Å²) in [6.07, 6.45) is 0.000494. The van der Waals surface area contributed by atoms with Crippen LogP contribution in [0.2, 0.25) is 0 Å². The zero-order valence-electron chi connectivity index (χ0n) is 18.1. The maximum atomic E-state index is 12.4.